The molecule has 2 nitrogen and oxygen atoms in total. The Balaban J connectivity index is 3.95. The van der Waals surface area contributed by atoms with Gasteiger partial charge in [-0.2, -0.15) is 0 Å². The van der Waals surface area contributed by atoms with Crippen LogP contribution in [0, 0.1) is 0 Å². The van der Waals surface area contributed by atoms with Gasteiger partial charge in [0, 0.05) is 12.8 Å². The van der Waals surface area contributed by atoms with Crippen molar-refractivity contribution in [3.05, 3.63) is 0 Å². The van der Waals surface area contributed by atoms with E-state index in [1.807, 2.05) is 0 Å². The SMILES string of the molecule is CCCCC(SCCCC(F)(F)CCC)C(=O)OC. The van der Waals surface area contributed by atoms with Crippen LogP contribution in [0.2, 0.25) is 0 Å². The number of unbranched alkanes of at least 4 members (excludes halogenated alkanes) is 1. The van der Waals surface area contributed by atoms with Gasteiger partial charge in [0.15, 0.2) is 0 Å². The molecule has 0 aliphatic heterocycles. The highest BCUT2D eigenvalue weighted by molar-refractivity contribution is 8.00. The van der Waals surface area contributed by atoms with E-state index in [2.05, 4.69) is 6.92 Å². The number of carbonyl (C=O) groups is 1. The predicted octanol–water partition coefficient (Wildman–Crippen LogP) is 4.67. The summed E-state index contributed by atoms with van der Waals surface area (Å²) in [5, 5.41) is -0.204. The standard InChI is InChI=1S/C14H26F2O2S/c1-4-6-8-12(13(17)18-3)19-11-7-10-14(15,16)9-5-2/h12H,4-11H2,1-3H3. The Morgan fingerprint density at radius 1 is 1.21 bits per heavy atom. The van der Waals surface area contributed by atoms with Crippen LogP contribution in [-0.4, -0.2) is 30.0 Å². The number of esters is 1. The maximum absolute atomic E-state index is 13.3. The van der Waals surface area contributed by atoms with Crippen molar-refractivity contribution >= 4 is 17.7 Å². The second-order valence-electron chi connectivity index (χ2n) is 4.73. The minimum Gasteiger partial charge on any atom is -0.468 e. The fraction of sp³-hybridized carbons (Fsp3) is 0.929. The van der Waals surface area contributed by atoms with Crippen LogP contribution in [-0.2, 0) is 9.53 Å². The topological polar surface area (TPSA) is 26.3 Å². The zero-order valence-electron chi connectivity index (χ0n) is 12.2. The molecule has 0 radical (unpaired) electrons. The van der Waals surface area contributed by atoms with Gasteiger partial charge in [0.2, 0.25) is 5.92 Å². The molecule has 114 valence electrons. The zero-order chi connectivity index (χ0) is 14.7. The Morgan fingerprint density at radius 3 is 2.42 bits per heavy atom. The fourth-order valence-corrected chi connectivity index (χ4v) is 3.00. The van der Waals surface area contributed by atoms with E-state index in [1.54, 1.807) is 6.92 Å². The molecule has 0 rings (SSSR count). The van der Waals surface area contributed by atoms with Gasteiger partial charge in [0.05, 0.1) is 7.11 Å². The van der Waals surface area contributed by atoms with Crippen molar-refractivity contribution in [2.75, 3.05) is 12.9 Å². The number of hydrogen-bond donors (Lipinski definition) is 0. The minimum absolute atomic E-state index is 0.0477. The van der Waals surface area contributed by atoms with Crippen LogP contribution in [0.4, 0.5) is 8.78 Å². The van der Waals surface area contributed by atoms with E-state index in [0.29, 0.717) is 18.6 Å². The van der Waals surface area contributed by atoms with Crippen LogP contribution in [0.1, 0.15) is 58.8 Å². The van der Waals surface area contributed by atoms with E-state index in [0.717, 1.165) is 19.3 Å². The molecule has 0 spiro atoms. The summed E-state index contributed by atoms with van der Waals surface area (Å²) < 4.78 is 31.3. The summed E-state index contributed by atoms with van der Waals surface area (Å²) in [5.74, 6) is -2.21. The molecule has 0 aromatic carbocycles. The number of carbonyl (C=O) groups excluding carboxylic acids is 1. The highest BCUT2D eigenvalue weighted by Gasteiger charge is 2.27. The quantitative estimate of drug-likeness (QED) is 0.409. The summed E-state index contributed by atoms with van der Waals surface area (Å²) in [7, 11) is 1.37. The molecule has 0 aliphatic rings. The normalized spacial score (nSPS) is 13.3. The van der Waals surface area contributed by atoms with E-state index in [-0.39, 0.29) is 24.1 Å². The number of hydrogen-bond acceptors (Lipinski definition) is 3. The summed E-state index contributed by atoms with van der Waals surface area (Å²) in [6.45, 7) is 3.82. The van der Waals surface area contributed by atoms with E-state index < -0.39 is 5.92 Å². The maximum atomic E-state index is 13.3. The molecule has 19 heavy (non-hydrogen) atoms. The van der Waals surface area contributed by atoms with Crippen molar-refractivity contribution in [3.8, 4) is 0 Å². The highest BCUT2D eigenvalue weighted by Crippen LogP contribution is 2.28. The lowest BCUT2D eigenvalue weighted by atomic mass is 10.1. The number of ether oxygens (including phenoxy) is 1. The van der Waals surface area contributed by atoms with E-state index in [9.17, 15) is 13.6 Å². The van der Waals surface area contributed by atoms with Gasteiger partial charge in [0.1, 0.15) is 5.25 Å². The van der Waals surface area contributed by atoms with Crippen LogP contribution in [0.25, 0.3) is 0 Å². The molecule has 0 N–H and O–H groups in total. The zero-order valence-corrected chi connectivity index (χ0v) is 13.0. The Kier molecular flexibility index (Phi) is 10.3. The Bertz CT molecular complexity index is 248. The first-order valence-electron chi connectivity index (χ1n) is 7.04. The molecule has 0 bridgehead atoms. The number of methoxy groups -OCH3 is 1. The monoisotopic (exact) mass is 296 g/mol. The summed E-state index contributed by atoms with van der Waals surface area (Å²) in [6.07, 6.45) is 3.54. The van der Waals surface area contributed by atoms with Crippen LogP contribution in [0.15, 0.2) is 0 Å². The Morgan fingerprint density at radius 2 is 1.89 bits per heavy atom. The molecule has 1 atom stereocenters. The van der Waals surface area contributed by atoms with Crippen molar-refractivity contribution in [1.82, 2.24) is 0 Å². The smallest absolute Gasteiger partial charge is 0.318 e. The largest absolute Gasteiger partial charge is 0.468 e. The van der Waals surface area contributed by atoms with Crippen LogP contribution >= 0.6 is 11.8 Å². The summed E-state index contributed by atoms with van der Waals surface area (Å²) in [6, 6.07) is 0. The average molecular weight is 296 g/mol. The lowest BCUT2D eigenvalue weighted by Gasteiger charge is -2.17. The Hall–Kier alpha value is -0.320. The molecule has 0 saturated carbocycles. The Labute approximate surface area is 119 Å². The van der Waals surface area contributed by atoms with Gasteiger partial charge < -0.3 is 4.74 Å². The minimum atomic E-state index is -2.56. The van der Waals surface area contributed by atoms with Crippen LogP contribution < -0.4 is 0 Å². The van der Waals surface area contributed by atoms with Crippen LogP contribution in [0.3, 0.4) is 0 Å². The summed E-state index contributed by atoms with van der Waals surface area (Å²) >= 11 is 1.45. The van der Waals surface area contributed by atoms with Gasteiger partial charge in [0.25, 0.3) is 0 Å². The highest BCUT2D eigenvalue weighted by atomic mass is 32.2. The summed E-state index contributed by atoms with van der Waals surface area (Å²) in [4.78, 5) is 11.5. The van der Waals surface area contributed by atoms with Crippen molar-refractivity contribution in [1.29, 1.82) is 0 Å². The second kappa shape index (κ2) is 10.5. The predicted molar refractivity (Wildman–Crippen MR) is 76.9 cm³/mol. The average Bonchev–Trinajstić information content (AvgIpc) is 2.37. The molecule has 0 aliphatic carbocycles. The van der Waals surface area contributed by atoms with Gasteiger partial charge >= 0.3 is 5.97 Å². The molecule has 1 unspecified atom stereocenters. The van der Waals surface area contributed by atoms with Crippen molar-refractivity contribution in [2.24, 2.45) is 0 Å². The number of halogens is 2. The first-order chi connectivity index (χ1) is 8.96. The molecule has 0 aromatic heterocycles. The lowest BCUT2D eigenvalue weighted by molar-refractivity contribution is -0.140. The summed E-state index contributed by atoms with van der Waals surface area (Å²) in [5.41, 5.74) is 0. The third kappa shape index (κ3) is 9.25. The van der Waals surface area contributed by atoms with E-state index in [1.165, 1.54) is 18.9 Å². The lowest BCUT2D eigenvalue weighted by Crippen LogP contribution is -2.20. The van der Waals surface area contributed by atoms with Gasteiger partial charge in [-0.3, -0.25) is 4.79 Å². The van der Waals surface area contributed by atoms with Gasteiger partial charge in [-0.25, -0.2) is 8.78 Å². The number of rotatable bonds is 11. The molecule has 0 aromatic rings. The van der Waals surface area contributed by atoms with Crippen molar-refractivity contribution in [3.63, 3.8) is 0 Å². The molecule has 0 heterocycles. The van der Waals surface area contributed by atoms with Crippen LogP contribution in [0.5, 0.6) is 0 Å². The molecule has 0 amide bonds. The van der Waals surface area contributed by atoms with E-state index in [4.69, 9.17) is 4.74 Å². The third-order valence-electron chi connectivity index (χ3n) is 2.91. The first kappa shape index (κ1) is 18.7. The second-order valence-corrected chi connectivity index (χ2v) is 6.04. The van der Waals surface area contributed by atoms with Crippen molar-refractivity contribution < 1.29 is 18.3 Å². The molecule has 0 saturated heterocycles. The fourth-order valence-electron chi connectivity index (χ4n) is 1.84. The maximum Gasteiger partial charge on any atom is 0.318 e. The number of alkyl halides is 2. The van der Waals surface area contributed by atoms with Gasteiger partial charge in [-0.15, -0.1) is 11.8 Å². The van der Waals surface area contributed by atoms with Gasteiger partial charge in [-0.05, 0) is 18.6 Å². The molecule has 0 fully saturated rings. The van der Waals surface area contributed by atoms with Crippen molar-refractivity contribution in [2.45, 2.75) is 70.0 Å². The van der Waals surface area contributed by atoms with Gasteiger partial charge in [-0.1, -0.05) is 33.1 Å². The number of thioether (sulfide) groups is 1. The molecular formula is C14H26F2O2S. The van der Waals surface area contributed by atoms with E-state index >= 15 is 0 Å². The third-order valence-corrected chi connectivity index (χ3v) is 4.26. The molecular weight excluding hydrogens is 270 g/mol. The molecule has 5 heteroatoms. The first-order valence-corrected chi connectivity index (χ1v) is 8.09.